The third-order valence-corrected chi connectivity index (χ3v) is 2.64. The minimum absolute atomic E-state index is 0.0893. The fourth-order valence-corrected chi connectivity index (χ4v) is 1.35. The maximum atomic E-state index is 11.4. The number of nitrogens with one attached hydrogen (secondary N) is 1. The van der Waals surface area contributed by atoms with Crippen molar-refractivity contribution in [2.24, 2.45) is 5.73 Å². The number of anilines is 1. The van der Waals surface area contributed by atoms with Crippen molar-refractivity contribution in [3.63, 3.8) is 0 Å². The SMILES string of the molecule is Cc1cc(NC(=O)CC(C)N)cnc1Br. The number of halogens is 1. The van der Waals surface area contributed by atoms with Crippen molar-refractivity contribution in [2.75, 3.05) is 5.32 Å². The Kier molecular flexibility index (Phi) is 4.23. The van der Waals surface area contributed by atoms with Gasteiger partial charge in [-0.3, -0.25) is 4.79 Å². The molecule has 1 heterocycles. The normalized spacial score (nSPS) is 12.3. The topological polar surface area (TPSA) is 68.0 Å². The first-order valence-corrected chi connectivity index (χ1v) is 5.46. The van der Waals surface area contributed by atoms with Crippen LogP contribution in [0.4, 0.5) is 5.69 Å². The monoisotopic (exact) mass is 271 g/mol. The first kappa shape index (κ1) is 12.1. The highest BCUT2D eigenvalue weighted by atomic mass is 79.9. The molecule has 1 unspecified atom stereocenters. The summed E-state index contributed by atoms with van der Waals surface area (Å²) in [6.45, 7) is 3.71. The molecule has 1 atom stereocenters. The molecule has 0 spiro atoms. The standard InChI is InChI=1S/C10H14BrN3O/c1-6-3-8(5-13-10(6)11)14-9(15)4-7(2)12/h3,5,7H,4,12H2,1-2H3,(H,14,15). The lowest BCUT2D eigenvalue weighted by atomic mass is 10.2. The highest BCUT2D eigenvalue weighted by Gasteiger charge is 2.06. The first-order valence-electron chi connectivity index (χ1n) is 4.66. The molecule has 5 heteroatoms. The Morgan fingerprint density at radius 3 is 2.93 bits per heavy atom. The van der Waals surface area contributed by atoms with Gasteiger partial charge < -0.3 is 11.1 Å². The number of hydrogen-bond donors (Lipinski definition) is 2. The molecule has 0 bridgehead atoms. The highest BCUT2D eigenvalue weighted by molar-refractivity contribution is 9.10. The molecule has 0 saturated heterocycles. The van der Waals surface area contributed by atoms with Gasteiger partial charge in [-0.2, -0.15) is 0 Å². The zero-order chi connectivity index (χ0) is 11.4. The van der Waals surface area contributed by atoms with Gasteiger partial charge in [0.05, 0.1) is 11.9 Å². The van der Waals surface area contributed by atoms with Crippen molar-refractivity contribution < 1.29 is 4.79 Å². The summed E-state index contributed by atoms with van der Waals surface area (Å²) in [5.74, 6) is -0.0893. The van der Waals surface area contributed by atoms with E-state index in [1.54, 1.807) is 13.1 Å². The van der Waals surface area contributed by atoms with Crippen LogP contribution >= 0.6 is 15.9 Å². The molecule has 1 aromatic rings. The summed E-state index contributed by atoms with van der Waals surface area (Å²) in [5, 5.41) is 2.74. The largest absolute Gasteiger partial charge is 0.327 e. The van der Waals surface area contributed by atoms with E-state index >= 15 is 0 Å². The Hall–Kier alpha value is -0.940. The summed E-state index contributed by atoms with van der Waals surface area (Å²) in [7, 11) is 0. The second-order valence-corrected chi connectivity index (χ2v) is 4.31. The smallest absolute Gasteiger partial charge is 0.225 e. The summed E-state index contributed by atoms with van der Waals surface area (Å²) in [6, 6.07) is 1.73. The van der Waals surface area contributed by atoms with Gasteiger partial charge in [0.1, 0.15) is 4.60 Å². The number of carbonyl (C=O) groups excluding carboxylic acids is 1. The van der Waals surface area contributed by atoms with Gasteiger partial charge in [-0.05, 0) is 41.4 Å². The van der Waals surface area contributed by atoms with Gasteiger partial charge >= 0.3 is 0 Å². The maximum absolute atomic E-state index is 11.4. The molecule has 15 heavy (non-hydrogen) atoms. The number of rotatable bonds is 3. The van der Waals surface area contributed by atoms with Crippen molar-refractivity contribution in [1.82, 2.24) is 4.98 Å². The minimum atomic E-state index is -0.130. The molecule has 0 aromatic carbocycles. The molecular formula is C10H14BrN3O. The van der Waals surface area contributed by atoms with E-state index in [9.17, 15) is 4.79 Å². The second kappa shape index (κ2) is 5.23. The molecule has 1 aromatic heterocycles. The van der Waals surface area contributed by atoms with Crippen LogP contribution in [0.2, 0.25) is 0 Å². The van der Waals surface area contributed by atoms with Crippen molar-refractivity contribution in [3.8, 4) is 0 Å². The third kappa shape index (κ3) is 3.97. The number of hydrogen-bond acceptors (Lipinski definition) is 3. The molecule has 0 radical (unpaired) electrons. The molecule has 0 aliphatic rings. The Labute approximate surface area is 97.4 Å². The van der Waals surface area contributed by atoms with E-state index < -0.39 is 0 Å². The Morgan fingerprint density at radius 2 is 2.40 bits per heavy atom. The van der Waals surface area contributed by atoms with Crippen LogP contribution in [0, 0.1) is 6.92 Å². The second-order valence-electron chi connectivity index (χ2n) is 3.56. The van der Waals surface area contributed by atoms with E-state index in [2.05, 4.69) is 26.2 Å². The van der Waals surface area contributed by atoms with Crippen LogP contribution in [0.15, 0.2) is 16.9 Å². The van der Waals surface area contributed by atoms with E-state index in [1.807, 2.05) is 13.0 Å². The average Bonchev–Trinajstić information content (AvgIpc) is 2.10. The average molecular weight is 272 g/mol. The van der Waals surface area contributed by atoms with Gasteiger partial charge in [0.25, 0.3) is 0 Å². The van der Waals surface area contributed by atoms with Gasteiger partial charge in [-0.15, -0.1) is 0 Å². The molecule has 1 amide bonds. The van der Waals surface area contributed by atoms with E-state index in [0.717, 1.165) is 10.2 Å². The number of aromatic nitrogens is 1. The van der Waals surface area contributed by atoms with E-state index in [4.69, 9.17) is 5.73 Å². The fourth-order valence-electron chi connectivity index (χ4n) is 1.13. The molecule has 0 fully saturated rings. The Morgan fingerprint density at radius 1 is 1.73 bits per heavy atom. The molecule has 4 nitrogen and oxygen atoms in total. The number of carbonyl (C=O) groups is 1. The van der Waals surface area contributed by atoms with E-state index in [-0.39, 0.29) is 11.9 Å². The van der Waals surface area contributed by atoms with E-state index in [0.29, 0.717) is 12.1 Å². The van der Waals surface area contributed by atoms with Gasteiger partial charge in [-0.1, -0.05) is 0 Å². The summed E-state index contributed by atoms with van der Waals surface area (Å²) in [6.07, 6.45) is 1.92. The number of amides is 1. The van der Waals surface area contributed by atoms with Crippen LogP contribution in [-0.4, -0.2) is 16.9 Å². The van der Waals surface area contributed by atoms with Gasteiger partial charge in [-0.25, -0.2) is 4.98 Å². The van der Waals surface area contributed by atoms with Crippen LogP contribution in [0.3, 0.4) is 0 Å². The van der Waals surface area contributed by atoms with Gasteiger partial charge in [0.2, 0.25) is 5.91 Å². The number of nitrogens with two attached hydrogens (primary N) is 1. The van der Waals surface area contributed by atoms with Crippen molar-refractivity contribution in [3.05, 3.63) is 22.4 Å². The van der Waals surface area contributed by atoms with Crippen LogP contribution in [0.25, 0.3) is 0 Å². The number of pyridine rings is 1. The predicted molar refractivity (Wildman–Crippen MR) is 63.6 cm³/mol. The van der Waals surface area contributed by atoms with Crippen LogP contribution in [0.5, 0.6) is 0 Å². The predicted octanol–water partition coefficient (Wildman–Crippen LogP) is 1.83. The highest BCUT2D eigenvalue weighted by Crippen LogP contribution is 2.16. The zero-order valence-corrected chi connectivity index (χ0v) is 10.3. The molecule has 3 N–H and O–H groups in total. The molecule has 82 valence electrons. The Balaban J connectivity index is 2.65. The molecule has 0 aliphatic heterocycles. The molecular weight excluding hydrogens is 258 g/mol. The number of nitrogens with zero attached hydrogens (tertiary/aromatic N) is 1. The first-order chi connectivity index (χ1) is 6.99. The number of aryl methyl sites for hydroxylation is 1. The molecule has 0 saturated carbocycles. The zero-order valence-electron chi connectivity index (χ0n) is 8.75. The van der Waals surface area contributed by atoms with Crippen LogP contribution in [0.1, 0.15) is 18.9 Å². The van der Waals surface area contributed by atoms with Crippen molar-refractivity contribution in [2.45, 2.75) is 26.3 Å². The lowest BCUT2D eigenvalue weighted by Gasteiger charge is -2.07. The van der Waals surface area contributed by atoms with Crippen LogP contribution < -0.4 is 11.1 Å². The van der Waals surface area contributed by atoms with Gasteiger partial charge in [0, 0.05) is 12.5 Å². The molecule has 1 rings (SSSR count). The van der Waals surface area contributed by atoms with Crippen molar-refractivity contribution >= 4 is 27.5 Å². The summed E-state index contributed by atoms with van der Waals surface area (Å²) in [4.78, 5) is 15.5. The summed E-state index contributed by atoms with van der Waals surface area (Å²) < 4.78 is 0.785. The minimum Gasteiger partial charge on any atom is -0.327 e. The fraction of sp³-hybridized carbons (Fsp3) is 0.400. The summed E-state index contributed by atoms with van der Waals surface area (Å²) in [5.41, 5.74) is 7.19. The summed E-state index contributed by atoms with van der Waals surface area (Å²) >= 11 is 3.29. The third-order valence-electron chi connectivity index (χ3n) is 1.81. The maximum Gasteiger partial charge on any atom is 0.225 e. The molecule has 0 aliphatic carbocycles. The Bertz CT molecular complexity index is 366. The van der Waals surface area contributed by atoms with Gasteiger partial charge in [0.15, 0.2) is 0 Å². The lowest BCUT2D eigenvalue weighted by molar-refractivity contribution is -0.116. The van der Waals surface area contributed by atoms with E-state index in [1.165, 1.54) is 0 Å². The quantitative estimate of drug-likeness (QED) is 0.825. The van der Waals surface area contributed by atoms with Crippen molar-refractivity contribution in [1.29, 1.82) is 0 Å². The van der Waals surface area contributed by atoms with Crippen LogP contribution in [-0.2, 0) is 4.79 Å². The lowest BCUT2D eigenvalue weighted by Crippen LogP contribution is -2.24.